The van der Waals surface area contributed by atoms with Crippen molar-refractivity contribution in [3.05, 3.63) is 0 Å². The Morgan fingerprint density at radius 2 is 1.88 bits per heavy atom. The molecule has 0 bridgehead atoms. The second-order valence-corrected chi connectivity index (χ2v) is 5.85. The number of carboxylic acids is 1. The molecule has 1 rings (SSSR count). The molecule has 4 heteroatoms. The summed E-state index contributed by atoms with van der Waals surface area (Å²) in [7, 11) is 0. The minimum absolute atomic E-state index is 0.135. The molecule has 0 saturated heterocycles. The van der Waals surface area contributed by atoms with Crippen LogP contribution in [0.15, 0.2) is 0 Å². The number of hydrogen-bond donors (Lipinski definition) is 2. The quantitative estimate of drug-likeness (QED) is 0.754. The molecule has 0 aliphatic heterocycles. The first-order chi connectivity index (χ1) is 7.25. The van der Waals surface area contributed by atoms with E-state index in [9.17, 15) is 9.59 Å². The average molecular weight is 227 g/mol. The fourth-order valence-corrected chi connectivity index (χ4v) is 1.63. The number of hydrogen-bond acceptors (Lipinski definition) is 2. The maximum atomic E-state index is 11.5. The molecule has 1 fully saturated rings. The van der Waals surface area contributed by atoms with Crippen molar-refractivity contribution in [3.8, 4) is 0 Å². The van der Waals surface area contributed by atoms with Gasteiger partial charge in [-0.3, -0.25) is 4.79 Å². The van der Waals surface area contributed by atoms with Gasteiger partial charge in [-0.25, -0.2) is 4.79 Å². The number of carbonyl (C=O) groups is 2. The summed E-state index contributed by atoms with van der Waals surface area (Å²) in [4.78, 5) is 22.4. The first kappa shape index (κ1) is 13.0. The van der Waals surface area contributed by atoms with Crippen LogP contribution < -0.4 is 5.32 Å². The van der Waals surface area contributed by atoms with Gasteiger partial charge in [0.25, 0.3) is 0 Å². The topological polar surface area (TPSA) is 66.4 Å². The Kier molecular flexibility index (Phi) is 3.61. The summed E-state index contributed by atoms with van der Waals surface area (Å²) < 4.78 is 0. The van der Waals surface area contributed by atoms with Gasteiger partial charge in [-0.05, 0) is 31.1 Å². The SMILES string of the molecule is CC(C)(C)CCCC(=O)NC1(C(=O)O)CC1. The first-order valence-corrected chi connectivity index (χ1v) is 5.80. The third-order valence-corrected chi connectivity index (χ3v) is 2.87. The van der Waals surface area contributed by atoms with Gasteiger partial charge in [0.2, 0.25) is 5.91 Å². The van der Waals surface area contributed by atoms with Crippen LogP contribution in [-0.2, 0) is 9.59 Å². The zero-order valence-corrected chi connectivity index (χ0v) is 10.3. The van der Waals surface area contributed by atoms with E-state index < -0.39 is 11.5 Å². The van der Waals surface area contributed by atoms with Crippen molar-refractivity contribution in [1.29, 1.82) is 0 Å². The zero-order chi connectivity index (χ0) is 12.4. The highest BCUT2D eigenvalue weighted by atomic mass is 16.4. The Hall–Kier alpha value is -1.06. The predicted molar refractivity (Wildman–Crippen MR) is 61.0 cm³/mol. The second-order valence-electron chi connectivity index (χ2n) is 5.85. The van der Waals surface area contributed by atoms with Crippen LogP contribution in [-0.4, -0.2) is 22.5 Å². The molecule has 1 amide bonds. The minimum Gasteiger partial charge on any atom is -0.480 e. The van der Waals surface area contributed by atoms with Crippen molar-refractivity contribution in [2.24, 2.45) is 5.41 Å². The summed E-state index contributed by atoms with van der Waals surface area (Å²) in [5.74, 6) is -1.04. The normalized spacial score (nSPS) is 17.9. The number of carboxylic acid groups (broad SMARTS) is 1. The smallest absolute Gasteiger partial charge is 0.329 e. The fraction of sp³-hybridized carbons (Fsp3) is 0.833. The van der Waals surface area contributed by atoms with Gasteiger partial charge in [0, 0.05) is 6.42 Å². The third kappa shape index (κ3) is 3.83. The largest absolute Gasteiger partial charge is 0.480 e. The maximum Gasteiger partial charge on any atom is 0.329 e. The Bertz CT molecular complexity index is 287. The molecule has 0 radical (unpaired) electrons. The second kappa shape index (κ2) is 4.44. The van der Waals surface area contributed by atoms with Crippen LogP contribution in [0.2, 0.25) is 0 Å². The van der Waals surface area contributed by atoms with Crippen molar-refractivity contribution in [2.75, 3.05) is 0 Å². The van der Waals surface area contributed by atoms with Crippen LogP contribution in [0.25, 0.3) is 0 Å². The summed E-state index contributed by atoms with van der Waals surface area (Å²) in [6.45, 7) is 6.39. The molecule has 1 aliphatic carbocycles. The molecular weight excluding hydrogens is 206 g/mol. The maximum absolute atomic E-state index is 11.5. The van der Waals surface area contributed by atoms with E-state index in [4.69, 9.17) is 5.11 Å². The Labute approximate surface area is 96.4 Å². The molecule has 0 unspecified atom stereocenters. The van der Waals surface area contributed by atoms with Gasteiger partial charge in [0.1, 0.15) is 5.54 Å². The molecule has 1 aliphatic rings. The first-order valence-electron chi connectivity index (χ1n) is 5.80. The van der Waals surface area contributed by atoms with Gasteiger partial charge in [0.05, 0.1) is 0 Å². The van der Waals surface area contributed by atoms with Gasteiger partial charge in [-0.1, -0.05) is 20.8 Å². The monoisotopic (exact) mass is 227 g/mol. The standard InChI is InChI=1S/C12H21NO3/c1-11(2,3)6-4-5-9(14)13-12(7-8-12)10(15)16/h4-8H2,1-3H3,(H,13,14)(H,15,16). The van der Waals surface area contributed by atoms with Crippen LogP contribution >= 0.6 is 0 Å². The van der Waals surface area contributed by atoms with Crippen LogP contribution in [0.5, 0.6) is 0 Å². The van der Waals surface area contributed by atoms with E-state index in [0.29, 0.717) is 19.3 Å². The van der Waals surface area contributed by atoms with Gasteiger partial charge < -0.3 is 10.4 Å². The highest BCUT2D eigenvalue weighted by molar-refractivity contribution is 5.89. The summed E-state index contributed by atoms with van der Waals surface area (Å²) in [5.41, 5.74) is -0.705. The molecule has 16 heavy (non-hydrogen) atoms. The zero-order valence-electron chi connectivity index (χ0n) is 10.3. The summed E-state index contributed by atoms with van der Waals surface area (Å²) in [6.07, 6.45) is 3.33. The molecule has 4 nitrogen and oxygen atoms in total. The van der Waals surface area contributed by atoms with E-state index >= 15 is 0 Å². The van der Waals surface area contributed by atoms with Gasteiger partial charge in [-0.15, -0.1) is 0 Å². The van der Waals surface area contributed by atoms with Crippen molar-refractivity contribution in [2.45, 2.75) is 58.4 Å². The van der Waals surface area contributed by atoms with E-state index in [1.165, 1.54) is 0 Å². The fourth-order valence-electron chi connectivity index (χ4n) is 1.63. The van der Waals surface area contributed by atoms with Gasteiger partial charge in [-0.2, -0.15) is 0 Å². The van der Waals surface area contributed by atoms with Crippen LogP contribution in [0.3, 0.4) is 0 Å². The Morgan fingerprint density at radius 3 is 2.25 bits per heavy atom. The van der Waals surface area contributed by atoms with Crippen LogP contribution in [0, 0.1) is 5.41 Å². The molecule has 0 spiro atoms. The van der Waals surface area contributed by atoms with E-state index in [0.717, 1.165) is 12.8 Å². The third-order valence-electron chi connectivity index (χ3n) is 2.87. The molecule has 0 aromatic rings. The van der Waals surface area contributed by atoms with Gasteiger partial charge >= 0.3 is 5.97 Å². The number of amides is 1. The van der Waals surface area contributed by atoms with Crippen LogP contribution in [0.4, 0.5) is 0 Å². The summed E-state index contributed by atoms with van der Waals surface area (Å²) in [6, 6.07) is 0. The lowest BCUT2D eigenvalue weighted by Gasteiger charge is -2.18. The molecule has 0 atom stereocenters. The van der Waals surface area contributed by atoms with Crippen molar-refractivity contribution >= 4 is 11.9 Å². The van der Waals surface area contributed by atoms with E-state index in [2.05, 4.69) is 26.1 Å². The molecule has 0 aromatic heterocycles. The molecular formula is C12H21NO3. The minimum atomic E-state index is -0.932. The number of rotatable bonds is 5. The van der Waals surface area contributed by atoms with E-state index in [1.54, 1.807) is 0 Å². The Balaban J connectivity index is 2.25. The lowest BCUT2D eigenvalue weighted by atomic mass is 9.90. The Morgan fingerprint density at radius 1 is 1.31 bits per heavy atom. The van der Waals surface area contributed by atoms with Gasteiger partial charge in [0.15, 0.2) is 0 Å². The van der Waals surface area contributed by atoms with Crippen molar-refractivity contribution in [3.63, 3.8) is 0 Å². The predicted octanol–water partition coefficient (Wildman–Crippen LogP) is 1.94. The summed E-state index contributed by atoms with van der Waals surface area (Å²) in [5, 5.41) is 11.5. The molecule has 1 saturated carbocycles. The number of carbonyl (C=O) groups excluding carboxylic acids is 1. The molecule has 0 aromatic carbocycles. The van der Waals surface area contributed by atoms with E-state index in [1.807, 2.05) is 0 Å². The summed E-state index contributed by atoms with van der Waals surface area (Å²) >= 11 is 0. The lowest BCUT2D eigenvalue weighted by Crippen LogP contribution is -2.42. The van der Waals surface area contributed by atoms with E-state index in [-0.39, 0.29) is 11.3 Å². The molecule has 0 heterocycles. The molecule has 92 valence electrons. The highest BCUT2D eigenvalue weighted by Gasteiger charge is 2.51. The average Bonchev–Trinajstić information content (AvgIpc) is 2.82. The van der Waals surface area contributed by atoms with Crippen molar-refractivity contribution < 1.29 is 14.7 Å². The lowest BCUT2D eigenvalue weighted by molar-refractivity contribution is -0.143. The molecule has 2 N–H and O–H groups in total. The van der Waals surface area contributed by atoms with Crippen LogP contribution in [0.1, 0.15) is 52.9 Å². The number of nitrogens with one attached hydrogen (secondary N) is 1. The van der Waals surface area contributed by atoms with Crippen molar-refractivity contribution in [1.82, 2.24) is 5.32 Å². The highest BCUT2D eigenvalue weighted by Crippen LogP contribution is 2.35. The number of aliphatic carboxylic acids is 1.